The normalized spacial score (nSPS) is 15.4. The first-order valence-electron chi connectivity index (χ1n) is 6.19. The molecule has 0 aromatic carbocycles. The number of anilines is 1. The van der Waals surface area contributed by atoms with Crippen LogP contribution < -0.4 is 10.2 Å². The zero-order valence-corrected chi connectivity index (χ0v) is 10.7. The molecular formula is C13H20FN3. The number of aromatic nitrogens is 1. The molecule has 1 aliphatic rings. The molecule has 94 valence electrons. The van der Waals surface area contributed by atoms with E-state index in [2.05, 4.69) is 24.1 Å². The van der Waals surface area contributed by atoms with Crippen molar-refractivity contribution in [2.45, 2.75) is 45.3 Å². The fourth-order valence-electron chi connectivity index (χ4n) is 1.80. The predicted octanol–water partition coefficient (Wildman–Crippen LogP) is 2.32. The van der Waals surface area contributed by atoms with E-state index in [4.69, 9.17) is 0 Å². The van der Waals surface area contributed by atoms with E-state index in [-0.39, 0.29) is 5.82 Å². The second kappa shape index (κ2) is 5.00. The lowest BCUT2D eigenvalue weighted by Gasteiger charge is -2.19. The first kappa shape index (κ1) is 12.3. The zero-order chi connectivity index (χ0) is 12.4. The Morgan fingerprint density at radius 2 is 2.24 bits per heavy atom. The van der Waals surface area contributed by atoms with Crippen LogP contribution >= 0.6 is 0 Å². The molecule has 1 saturated carbocycles. The Morgan fingerprint density at radius 3 is 2.82 bits per heavy atom. The van der Waals surface area contributed by atoms with Gasteiger partial charge in [-0.3, -0.25) is 0 Å². The molecule has 1 aromatic rings. The Bertz CT molecular complexity index is 388. The van der Waals surface area contributed by atoms with Crippen LogP contribution in [0.15, 0.2) is 12.3 Å². The molecule has 2 rings (SSSR count). The summed E-state index contributed by atoms with van der Waals surface area (Å²) < 4.78 is 14.2. The van der Waals surface area contributed by atoms with E-state index in [0.717, 1.165) is 12.8 Å². The first-order valence-corrected chi connectivity index (χ1v) is 6.19. The number of nitrogens with zero attached hydrogens (tertiary/aromatic N) is 2. The Labute approximate surface area is 102 Å². The molecule has 1 N–H and O–H groups in total. The molecule has 3 nitrogen and oxygen atoms in total. The lowest BCUT2D eigenvalue weighted by molar-refractivity contribution is 0.548. The number of halogens is 1. The van der Waals surface area contributed by atoms with Crippen molar-refractivity contribution in [3.05, 3.63) is 23.6 Å². The van der Waals surface area contributed by atoms with Crippen molar-refractivity contribution in [2.24, 2.45) is 0 Å². The highest BCUT2D eigenvalue weighted by atomic mass is 19.1. The van der Waals surface area contributed by atoms with Crippen molar-refractivity contribution in [3.63, 3.8) is 0 Å². The lowest BCUT2D eigenvalue weighted by atomic mass is 10.2. The maximum absolute atomic E-state index is 14.2. The first-order chi connectivity index (χ1) is 8.09. The third-order valence-electron chi connectivity index (χ3n) is 3.08. The summed E-state index contributed by atoms with van der Waals surface area (Å²) in [4.78, 5) is 6.10. The van der Waals surface area contributed by atoms with Crippen molar-refractivity contribution in [3.8, 4) is 0 Å². The summed E-state index contributed by atoms with van der Waals surface area (Å²) in [5.41, 5.74) is 0.691. The van der Waals surface area contributed by atoms with E-state index >= 15 is 0 Å². The maximum Gasteiger partial charge on any atom is 0.170 e. The Kier molecular flexibility index (Phi) is 3.62. The number of hydrogen-bond acceptors (Lipinski definition) is 3. The molecular weight excluding hydrogens is 217 g/mol. The number of rotatable bonds is 5. The number of hydrogen-bond donors (Lipinski definition) is 1. The minimum absolute atomic E-state index is 0.185. The van der Waals surface area contributed by atoms with Crippen LogP contribution in [0.1, 0.15) is 32.3 Å². The van der Waals surface area contributed by atoms with E-state index in [0.29, 0.717) is 30.0 Å². The van der Waals surface area contributed by atoms with Gasteiger partial charge in [-0.2, -0.15) is 0 Å². The molecule has 1 aliphatic carbocycles. The van der Waals surface area contributed by atoms with Gasteiger partial charge >= 0.3 is 0 Å². The summed E-state index contributed by atoms with van der Waals surface area (Å²) in [6.07, 6.45) is 3.98. The average Bonchev–Trinajstić information content (AvgIpc) is 3.10. The van der Waals surface area contributed by atoms with Gasteiger partial charge in [-0.05, 0) is 18.9 Å². The molecule has 1 fully saturated rings. The highest BCUT2D eigenvalue weighted by Gasteiger charge is 2.29. The molecule has 0 atom stereocenters. The van der Waals surface area contributed by atoms with Gasteiger partial charge < -0.3 is 10.2 Å². The average molecular weight is 237 g/mol. The smallest absolute Gasteiger partial charge is 0.170 e. The lowest BCUT2D eigenvalue weighted by Crippen LogP contribution is -2.25. The Morgan fingerprint density at radius 1 is 1.53 bits per heavy atom. The zero-order valence-electron chi connectivity index (χ0n) is 10.7. The molecule has 17 heavy (non-hydrogen) atoms. The van der Waals surface area contributed by atoms with Crippen molar-refractivity contribution in [2.75, 3.05) is 11.9 Å². The number of pyridine rings is 1. The van der Waals surface area contributed by atoms with Gasteiger partial charge in [0.05, 0.1) is 0 Å². The predicted molar refractivity (Wildman–Crippen MR) is 67.6 cm³/mol. The van der Waals surface area contributed by atoms with Crippen molar-refractivity contribution >= 4 is 5.82 Å². The van der Waals surface area contributed by atoms with Gasteiger partial charge in [-0.25, -0.2) is 9.37 Å². The maximum atomic E-state index is 14.2. The van der Waals surface area contributed by atoms with Crippen LogP contribution in [0.2, 0.25) is 0 Å². The van der Waals surface area contributed by atoms with E-state index in [1.807, 2.05) is 11.9 Å². The quantitative estimate of drug-likeness (QED) is 0.852. The highest BCUT2D eigenvalue weighted by Crippen LogP contribution is 2.31. The van der Waals surface area contributed by atoms with Crippen LogP contribution in [-0.4, -0.2) is 24.1 Å². The van der Waals surface area contributed by atoms with Gasteiger partial charge in [0.25, 0.3) is 0 Å². The monoisotopic (exact) mass is 237 g/mol. The minimum Gasteiger partial charge on any atom is -0.354 e. The summed E-state index contributed by atoms with van der Waals surface area (Å²) in [5.74, 6) is 0.297. The van der Waals surface area contributed by atoms with Crippen molar-refractivity contribution < 1.29 is 4.39 Å². The molecule has 0 unspecified atom stereocenters. The molecule has 0 saturated heterocycles. The Hall–Kier alpha value is -1.16. The third-order valence-corrected chi connectivity index (χ3v) is 3.08. The second-order valence-corrected chi connectivity index (χ2v) is 4.99. The molecule has 0 aliphatic heterocycles. The fraction of sp³-hybridized carbons (Fsp3) is 0.615. The van der Waals surface area contributed by atoms with Crippen LogP contribution in [0.3, 0.4) is 0 Å². The van der Waals surface area contributed by atoms with Crippen molar-refractivity contribution in [1.82, 2.24) is 10.3 Å². The molecule has 0 radical (unpaired) electrons. The molecule has 0 amide bonds. The van der Waals surface area contributed by atoms with E-state index in [1.165, 1.54) is 0 Å². The van der Waals surface area contributed by atoms with Crippen LogP contribution in [0.4, 0.5) is 10.2 Å². The molecule has 0 bridgehead atoms. The molecule has 4 heteroatoms. The Balaban J connectivity index is 2.14. The van der Waals surface area contributed by atoms with Crippen LogP contribution in [-0.2, 0) is 6.54 Å². The van der Waals surface area contributed by atoms with Gasteiger partial charge in [0, 0.05) is 37.4 Å². The van der Waals surface area contributed by atoms with Crippen molar-refractivity contribution in [1.29, 1.82) is 0 Å². The van der Waals surface area contributed by atoms with Crippen LogP contribution in [0, 0.1) is 5.82 Å². The molecule has 1 heterocycles. The fourth-order valence-corrected chi connectivity index (χ4v) is 1.80. The number of nitrogens with one attached hydrogen (secondary N) is 1. The van der Waals surface area contributed by atoms with Gasteiger partial charge in [-0.1, -0.05) is 13.8 Å². The molecule has 1 aromatic heterocycles. The summed E-state index contributed by atoms with van der Waals surface area (Å²) in [7, 11) is 1.92. The minimum atomic E-state index is -0.185. The largest absolute Gasteiger partial charge is 0.354 e. The highest BCUT2D eigenvalue weighted by molar-refractivity contribution is 5.44. The van der Waals surface area contributed by atoms with Gasteiger partial charge in [-0.15, -0.1) is 0 Å². The topological polar surface area (TPSA) is 28.2 Å². The standard InChI is InChI=1S/C13H20FN3/c1-9(2)16-8-10-6-7-15-13(12(10)14)17(3)11-4-5-11/h6-7,9,11,16H,4-5,8H2,1-3H3. The van der Waals surface area contributed by atoms with Crippen LogP contribution in [0.25, 0.3) is 0 Å². The summed E-state index contributed by atoms with van der Waals surface area (Å²) in [5, 5.41) is 3.23. The van der Waals surface area contributed by atoms with E-state index in [1.54, 1.807) is 12.3 Å². The SMILES string of the molecule is CC(C)NCc1ccnc(N(C)C2CC2)c1F. The van der Waals surface area contributed by atoms with Crippen LogP contribution in [0.5, 0.6) is 0 Å². The third kappa shape index (κ3) is 2.94. The summed E-state index contributed by atoms with van der Waals surface area (Å²) >= 11 is 0. The molecule has 0 spiro atoms. The van der Waals surface area contributed by atoms with E-state index < -0.39 is 0 Å². The van der Waals surface area contributed by atoms with Gasteiger partial charge in [0.15, 0.2) is 11.6 Å². The van der Waals surface area contributed by atoms with Gasteiger partial charge in [0.2, 0.25) is 0 Å². The summed E-state index contributed by atoms with van der Waals surface area (Å²) in [6.45, 7) is 4.66. The van der Waals surface area contributed by atoms with E-state index in [9.17, 15) is 4.39 Å². The summed E-state index contributed by atoms with van der Waals surface area (Å²) in [6, 6.07) is 2.58. The van der Waals surface area contributed by atoms with Gasteiger partial charge in [0.1, 0.15) is 0 Å². The second-order valence-electron chi connectivity index (χ2n) is 4.99.